The molecule has 5 heteroatoms. The van der Waals surface area contributed by atoms with Gasteiger partial charge < -0.3 is 15.0 Å². The highest BCUT2D eigenvalue weighted by Gasteiger charge is 2.21. The first-order chi connectivity index (χ1) is 13.5. The number of amides is 2. The molecule has 0 atom stereocenters. The molecule has 2 amide bonds. The Balaban J connectivity index is 1.67. The molecule has 0 unspecified atom stereocenters. The second kappa shape index (κ2) is 8.91. The van der Waals surface area contributed by atoms with E-state index in [0.29, 0.717) is 11.3 Å². The third-order valence-corrected chi connectivity index (χ3v) is 5.03. The van der Waals surface area contributed by atoms with Gasteiger partial charge >= 0.3 is 0 Å². The Morgan fingerprint density at radius 1 is 1.00 bits per heavy atom. The van der Waals surface area contributed by atoms with Gasteiger partial charge in [-0.3, -0.25) is 9.59 Å². The first-order valence-electron chi connectivity index (χ1n) is 9.84. The van der Waals surface area contributed by atoms with Gasteiger partial charge in [-0.15, -0.1) is 0 Å². The normalized spacial score (nSPS) is 13.9. The van der Waals surface area contributed by atoms with Crippen molar-refractivity contribution in [1.29, 1.82) is 0 Å². The van der Waals surface area contributed by atoms with Gasteiger partial charge in [-0.25, -0.2) is 0 Å². The molecule has 0 aromatic heterocycles. The number of para-hydroxylation sites is 1. The van der Waals surface area contributed by atoms with Gasteiger partial charge in [0.15, 0.2) is 6.61 Å². The SMILES string of the molecule is Cc1cc(C)c(OCC(=O)Nc2ccccc2C(=O)N2CCCCC2)c(C)c1. The van der Waals surface area contributed by atoms with Crippen molar-refractivity contribution in [3.05, 3.63) is 58.7 Å². The van der Waals surface area contributed by atoms with E-state index in [1.807, 2.05) is 49.9 Å². The summed E-state index contributed by atoms with van der Waals surface area (Å²) in [5.74, 6) is 0.429. The molecule has 28 heavy (non-hydrogen) atoms. The molecule has 1 N–H and O–H groups in total. The molecular weight excluding hydrogens is 352 g/mol. The minimum atomic E-state index is -0.279. The van der Waals surface area contributed by atoms with Crippen LogP contribution in [0.4, 0.5) is 5.69 Å². The molecular formula is C23H28N2O3. The van der Waals surface area contributed by atoms with Gasteiger partial charge in [0, 0.05) is 13.1 Å². The number of piperidine rings is 1. The number of ether oxygens (including phenoxy) is 1. The standard InChI is InChI=1S/C23H28N2O3/c1-16-13-17(2)22(18(3)14-16)28-15-21(26)24-20-10-6-5-9-19(20)23(27)25-11-7-4-8-12-25/h5-6,9-10,13-14H,4,7-8,11-12,15H2,1-3H3,(H,24,26). The number of likely N-dealkylation sites (tertiary alicyclic amines) is 1. The molecule has 1 aliphatic rings. The Morgan fingerprint density at radius 2 is 1.64 bits per heavy atom. The van der Waals surface area contributed by atoms with Gasteiger partial charge in [0.05, 0.1) is 11.3 Å². The third-order valence-electron chi connectivity index (χ3n) is 5.03. The minimum absolute atomic E-state index is 0.0262. The van der Waals surface area contributed by atoms with E-state index >= 15 is 0 Å². The summed E-state index contributed by atoms with van der Waals surface area (Å²) >= 11 is 0. The number of anilines is 1. The van der Waals surface area contributed by atoms with Gasteiger partial charge in [-0.2, -0.15) is 0 Å². The van der Waals surface area contributed by atoms with Crippen LogP contribution >= 0.6 is 0 Å². The lowest BCUT2D eigenvalue weighted by atomic mass is 10.1. The van der Waals surface area contributed by atoms with Crippen LogP contribution in [-0.2, 0) is 4.79 Å². The summed E-state index contributed by atoms with van der Waals surface area (Å²) in [5, 5.41) is 2.84. The van der Waals surface area contributed by atoms with Crippen molar-refractivity contribution in [1.82, 2.24) is 4.90 Å². The van der Waals surface area contributed by atoms with Crippen LogP contribution in [0.15, 0.2) is 36.4 Å². The Labute approximate surface area is 166 Å². The summed E-state index contributed by atoms with van der Waals surface area (Å²) < 4.78 is 5.77. The summed E-state index contributed by atoms with van der Waals surface area (Å²) in [5.41, 5.74) is 4.23. The molecule has 0 aliphatic carbocycles. The molecule has 1 fully saturated rings. The summed E-state index contributed by atoms with van der Waals surface area (Å²) in [4.78, 5) is 27.2. The van der Waals surface area contributed by atoms with Crippen LogP contribution in [0.3, 0.4) is 0 Å². The molecule has 2 aromatic rings. The lowest BCUT2D eigenvalue weighted by Crippen LogP contribution is -2.36. The Morgan fingerprint density at radius 3 is 2.32 bits per heavy atom. The van der Waals surface area contributed by atoms with E-state index in [9.17, 15) is 9.59 Å². The monoisotopic (exact) mass is 380 g/mol. The van der Waals surface area contributed by atoms with Crippen LogP contribution in [0.1, 0.15) is 46.3 Å². The quantitative estimate of drug-likeness (QED) is 0.843. The highest BCUT2D eigenvalue weighted by molar-refractivity contribution is 6.04. The van der Waals surface area contributed by atoms with E-state index in [1.165, 1.54) is 0 Å². The zero-order valence-corrected chi connectivity index (χ0v) is 16.9. The van der Waals surface area contributed by atoms with Crippen LogP contribution in [0.25, 0.3) is 0 Å². The number of aryl methyl sites for hydroxylation is 3. The van der Waals surface area contributed by atoms with Crippen LogP contribution in [0.5, 0.6) is 5.75 Å². The zero-order valence-electron chi connectivity index (χ0n) is 16.9. The van der Waals surface area contributed by atoms with Gasteiger partial charge in [-0.1, -0.05) is 29.8 Å². The molecule has 1 saturated heterocycles. The maximum atomic E-state index is 12.8. The van der Waals surface area contributed by atoms with Crippen LogP contribution in [0, 0.1) is 20.8 Å². The van der Waals surface area contributed by atoms with Crippen molar-refractivity contribution in [2.24, 2.45) is 0 Å². The van der Waals surface area contributed by atoms with E-state index in [4.69, 9.17) is 4.74 Å². The van der Waals surface area contributed by atoms with Crippen molar-refractivity contribution >= 4 is 17.5 Å². The fourth-order valence-electron chi connectivity index (χ4n) is 3.76. The highest BCUT2D eigenvalue weighted by atomic mass is 16.5. The fourth-order valence-corrected chi connectivity index (χ4v) is 3.76. The second-order valence-corrected chi connectivity index (χ2v) is 7.46. The van der Waals surface area contributed by atoms with Crippen molar-refractivity contribution in [3.8, 4) is 5.75 Å². The van der Waals surface area contributed by atoms with Crippen molar-refractivity contribution in [3.63, 3.8) is 0 Å². The lowest BCUT2D eigenvalue weighted by Gasteiger charge is -2.27. The average Bonchev–Trinajstić information content (AvgIpc) is 2.67. The number of hydrogen-bond acceptors (Lipinski definition) is 3. The second-order valence-electron chi connectivity index (χ2n) is 7.46. The Hall–Kier alpha value is -2.82. The molecule has 0 spiro atoms. The van der Waals surface area contributed by atoms with Crippen LogP contribution in [-0.4, -0.2) is 36.4 Å². The predicted molar refractivity (Wildman–Crippen MR) is 111 cm³/mol. The fraction of sp³-hybridized carbons (Fsp3) is 0.391. The first kappa shape index (κ1) is 19.9. The maximum absolute atomic E-state index is 12.8. The Kier molecular flexibility index (Phi) is 6.34. The van der Waals surface area contributed by atoms with Crippen molar-refractivity contribution in [2.45, 2.75) is 40.0 Å². The summed E-state index contributed by atoms with van der Waals surface area (Å²) in [6.45, 7) is 7.43. The summed E-state index contributed by atoms with van der Waals surface area (Å²) in [6, 6.07) is 11.2. The van der Waals surface area contributed by atoms with Gasteiger partial charge in [0.2, 0.25) is 0 Å². The van der Waals surface area contributed by atoms with Gasteiger partial charge in [0.1, 0.15) is 5.75 Å². The highest BCUT2D eigenvalue weighted by Crippen LogP contribution is 2.25. The first-order valence-corrected chi connectivity index (χ1v) is 9.84. The molecule has 1 aliphatic heterocycles. The number of carbonyl (C=O) groups is 2. The van der Waals surface area contributed by atoms with Crippen LogP contribution in [0.2, 0.25) is 0 Å². The van der Waals surface area contributed by atoms with E-state index in [2.05, 4.69) is 5.32 Å². The molecule has 148 valence electrons. The van der Waals surface area contributed by atoms with E-state index in [1.54, 1.807) is 12.1 Å². The zero-order chi connectivity index (χ0) is 20.1. The third kappa shape index (κ3) is 4.71. The summed E-state index contributed by atoms with van der Waals surface area (Å²) in [7, 11) is 0. The van der Waals surface area contributed by atoms with E-state index in [0.717, 1.165) is 54.8 Å². The van der Waals surface area contributed by atoms with E-state index in [-0.39, 0.29) is 18.4 Å². The lowest BCUT2D eigenvalue weighted by molar-refractivity contribution is -0.118. The van der Waals surface area contributed by atoms with Crippen molar-refractivity contribution in [2.75, 3.05) is 25.0 Å². The van der Waals surface area contributed by atoms with Crippen LogP contribution < -0.4 is 10.1 Å². The number of nitrogens with zero attached hydrogens (tertiary/aromatic N) is 1. The molecule has 0 saturated carbocycles. The number of rotatable bonds is 5. The summed E-state index contributed by atoms with van der Waals surface area (Å²) in [6.07, 6.45) is 3.23. The molecule has 5 nitrogen and oxygen atoms in total. The maximum Gasteiger partial charge on any atom is 0.262 e. The minimum Gasteiger partial charge on any atom is -0.483 e. The van der Waals surface area contributed by atoms with Gasteiger partial charge in [-0.05, 0) is 63.3 Å². The van der Waals surface area contributed by atoms with E-state index < -0.39 is 0 Å². The average molecular weight is 380 g/mol. The van der Waals surface area contributed by atoms with Crippen molar-refractivity contribution < 1.29 is 14.3 Å². The molecule has 0 bridgehead atoms. The largest absolute Gasteiger partial charge is 0.483 e. The molecule has 0 radical (unpaired) electrons. The number of carbonyl (C=O) groups excluding carboxylic acids is 2. The number of benzene rings is 2. The topological polar surface area (TPSA) is 58.6 Å². The van der Waals surface area contributed by atoms with Gasteiger partial charge in [0.25, 0.3) is 11.8 Å². The molecule has 3 rings (SSSR count). The number of nitrogens with one attached hydrogen (secondary N) is 1. The Bertz CT molecular complexity index is 847. The molecule has 1 heterocycles. The molecule has 2 aromatic carbocycles. The smallest absolute Gasteiger partial charge is 0.262 e. The predicted octanol–water partition coefficient (Wildman–Crippen LogP) is 4.26. The number of hydrogen-bond donors (Lipinski definition) is 1.